The summed E-state index contributed by atoms with van der Waals surface area (Å²) in [5.74, 6) is 1.38. The summed E-state index contributed by atoms with van der Waals surface area (Å²) in [5, 5.41) is 0. The molecule has 5 heteroatoms. The fourth-order valence-electron chi connectivity index (χ4n) is 1.42. The molecule has 0 radical (unpaired) electrons. The molecule has 0 amide bonds. The van der Waals surface area contributed by atoms with Crippen molar-refractivity contribution in [3.05, 3.63) is 16.5 Å². The molecular weight excluding hydrogens is 246 g/mol. The molecular formula is C9H12BrN3O. The zero-order valence-corrected chi connectivity index (χ0v) is 9.54. The molecule has 0 spiro atoms. The van der Waals surface area contributed by atoms with Gasteiger partial charge in [-0.1, -0.05) is 0 Å². The molecule has 1 aliphatic carbocycles. The van der Waals surface area contributed by atoms with Crippen LogP contribution in [-0.4, -0.2) is 23.6 Å². The molecule has 14 heavy (non-hydrogen) atoms. The molecule has 0 aromatic carbocycles. The average molecular weight is 258 g/mol. The van der Waals surface area contributed by atoms with Crippen LogP contribution in [0, 0.1) is 0 Å². The highest BCUT2D eigenvalue weighted by molar-refractivity contribution is 9.10. The lowest BCUT2D eigenvalue weighted by molar-refractivity contribution is 0.389. The lowest BCUT2D eigenvalue weighted by Crippen LogP contribution is -2.22. The quantitative estimate of drug-likeness (QED) is 0.886. The van der Waals surface area contributed by atoms with E-state index in [2.05, 4.69) is 25.9 Å². The number of ether oxygens (including phenoxy) is 1. The SMILES string of the molecule is COc1nc(C2(CN)CC2)ncc1Br. The summed E-state index contributed by atoms with van der Waals surface area (Å²) in [4.78, 5) is 8.61. The Kier molecular flexibility index (Phi) is 2.45. The third-order valence-electron chi connectivity index (χ3n) is 2.62. The Hall–Kier alpha value is -0.680. The topological polar surface area (TPSA) is 61.0 Å². The van der Waals surface area contributed by atoms with Crippen LogP contribution in [-0.2, 0) is 5.41 Å². The number of methoxy groups -OCH3 is 1. The van der Waals surface area contributed by atoms with E-state index in [-0.39, 0.29) is 5.41 Å². The van der Waals surface area contributed by atoms with E-state index in [9.17, 15) is 0 Å². The van der Waals surface area contributed by atoms with Gasteiger partial charge in [-0.05, 0) is 28.8 Å². The summed E-state index contributed by atoms with van der Waals surface area (Å²) in [6.07, 6.45) is 3.87. The molecule has 0 aliphatic heterocycles. The van der Waals surface area contributed by atoms with Gasteiger partial charge >= 0.3 is 0 Å². The van der Waals surface area contributed by atoms with Gasteiger partial charge in [-0.2, -0.15) is 4.98 Å². The molecule has 1 aromatic heterocycles. The number of hydrogen-bond acceptors (Lipinski definition) is 4. The van der Waals surface area contributed by atoms with Gasteiger partial charge in [-0.25, -0.2) is 4.98 Å². The van der Waals surface area contributed by atoms with Gasteiger partial charge in [0, 0.05) is 18.2 Å². The largest absolute Gasteiger partial charge is 0.480 e. The normalized spacial score (nSPS) is 17.9. The molecule has 1 aromatic rings. The third-order valence-corrected chi connectivity index (χ3v) is 3.17. The van der Waals surface area contributed by atoms with Crippen molar-refractivity contribution < 1.29 is 4.74 Å². The van der Waals surface area contributed by atoms with Crippen molar-refractivity contribution in [3.8, 4) is 5.88 Å². The second-order valence-corrected chi connectivity index (χ2v) is 4.39. The smallest absolute Gasteiger partial charge is 0.231 e. The van der Waals surface area contributed by atoms with Crippen LogP contribution < -0.4 is 10.5 Å². The molecule has 1 aliphatic rings. The molecule has 1 saturated carbocycles. The van der Waals surface area contributed by atoms with Crippen LogP contribution in [0.1, 0.15) is 18.7 Å². The highest BCUT2D eigenvalue weighted by atomic mass is 79.9. The summed E-state index contributed by atoms with van der Waals surface area (Å²) in [7, 11) is 1.60. The second kappa shape index (κ2) is 3.47. The Morgan fingerprint density at radius 1 is 1.64 bits per heavy atom. The van der Waals surface area contributed by atoms with Crippen molar-refractivity contribution in [2.75, 3.05) is 13.7 Å². The minimum atomic E-state index is 0.0218. The standard InChI is InChI=1S/C9H12BrN3O/c1-14-7-6(10)4-12-8(13-7)9(5-11)2-3-9/h4H,2-3,5,11H2,1H3. The van der Waals surface area contributed by atoms with E-state index in [4.69, 9.17) is 10.5 Å². The maximum Gasteiger partial charge on any atom is 0.231 e. The maximum absolute atomic E-state index is 5.70. The highest BCUT2D eigenvalue weighted by Crippen LogP contribution is 2.46. The van der Waals surface area contributed by atoms with Crippen LogP contribution in [0.2, 0.25) is 0 Å². The predicted molar refractivity (Wildman–Crippen MR) is 56.3 cm³/mol. The van der Waals surface area contributed by atoms with Crippen molar-refractivity contribution >= 4 is 15.9 Å². The first-order valence-corrected chi connectivity index (χ1v) is 5.28. The summed E-state index contributed by atoms with van der Waals surface area (Å²) in [5.41, 5.74) is 5.72. The number of rotatable bonds is 3. The molecule has 2 N–H and O–H groups in total. The van der Waals surface area contributed by atoms with E-state index in [1.54, 1.807) is 13.3 Å². The number of aromatic nitrogens is 2. The average Bonchev–Trinajstić information content (AvgIpc) is 2.99. The molecule has 0 saturated heterocycles. The number of nitrogens with zero attached hydrogens (tertiary/aromatic N) is 2. The first-order chi connectivity index (χ1) is 6.72. The molecule has 0 bridgehead atoms. The molecule has 1 fully saturated rings. The van der Waals surface area contributed by atoms with Gasteiger partial charge in [0.1, 0.15) is 5.82 Å². The van der Waals surface area contributed by atoms with E-state index in [1.165, 1.54) is 0 Å². The van der Waals surface area contributed by atoms with Crippen molar-refractivity contribution in [3.63, 3.8) is 0 Å². The fourth-order valence-corrected chi connectivity index (χ4v) is 1.77. The van der Waals surface area contributed by atoms with E-state index < -0.39 is 0 Å². The Balaban J connectivity index is 2.36. The van der Waals surface area contributed by atoms with Crippen molar-refractivity contribution in [2.24, 2.45) is 5.73 Å². The van der Waals surface area contributed by atoms with E-state index in [0.29, 0.717) is 12.4 Å². The number of hydrogen-bond donors (Lipinski definition) is 1. The van der Waals surface area contributed by atoms with Crippen molar-refractivity contribution in [2.45, 2.75) is 18.3 Å². The second-order valence-electron chi connectivity index (χ2n) is 3.54. The van der Waals surface area contributed by atoms with Gasteiger partial charge < -0.3 is 10.5 Å². The molecule has 76 valence electrons. The first-order valence-electron chi connectivity index (χ1n) is 4.49. The molecule has 4 nitrogen and oxygen atoms in total. The fraction of sp³-hybridized carbons (Fsp3) is 0.556. The van der Waals surface area contributed by atoms with Crippen LogP contribution in [0.3, 0.4) is 0 Å². The molecule has 1 heterocycles. The van der Waals surface area contributed by atoms with E-state index in [1.807, 2.05) is 0 Å². The van der Waals surface area contributed by atoms with Crippen LogP contribution >= 0.6 is 15.9 Å². The molecule has 2 rings (SSSR count). The monoisotopic (exact) mass is 257 g/mol. The van der Waals surface area contributed by atoms with Gasteiger partial charge in [0.05, 0.1) is 11.6 Å². The predicted octanol–water partition coefficient (Wildman–Crippen LogP) is 1.24. The van der Waals surface area contributed by atoms with Crippen molar-refractivity contribution in [1.29, 1.82) is 0 Å². The molecule has 0 atom stereocenters. The summed E-state index contributed by atoms with van der Waals surface area (Å²) < 4.78 is 5.89. The van der Waals surface area contributed by atoms with Gasteiger partial charge in [-0.3, -0.25) is 0 Å². The van der Waals surface area contributed by atoms with E-state index in [0.717, 1.165) is 23.1 Å². The maximum atomic E-state index is 5.70. The van der Waals surface area contributed by atoms with Crippen LogP contribution in [0.5, 0.6) is 5.88 Å². The zero-order chi connectivity index (χ0) is 10.2. The summed E-state index contributed by atoms with van der Waals surface area (Å²) in [6.45, 7) is 0.609. The number of halogens is 1. The van der Waals surface area contributed by atoms with Crippen LogP contribution in [0.4, 0.5) is 0 Å². The zero-order valence-electron chi connectivity index (χ0n) is 7.96. The minimum absolute atomic E-state index is 0.0218. The van der Waals surface area contributed by atoms with Gasteiger partial charge in [0.15, 0.2) is 0 Å². The van der Waals surface area contributed by atoms with Crippen LogP contribution in [0.25, 0.3) is 0 Å². The molecule has 0 unspecified atom stereocenters. The third kappa shape index (κ3) is 1.50. The van der Waals surface area contributed by atoms with E-state index >= 15 is 0 Å². The number of nitrogens with two attached hydrogens (primary N) is 1. The van der Waals surface area contributed by atoms with Gasteiger partial charge in [-0.15, -0.1) is 0 Å². The van der Waals surface area contributed by atoms with Gasteiger partial charge in [0.25, 0.3) is 0 Å². The lowest BCUT2D eigenvalue weighted by atomic mass is 10.1. The minimum Gasteiger partial charge on any atom is -0.480 e. The van der Waals surface area contributed by atoms with Crippen LogP contribution in [0.15, 0.2) is 10.7 Å². The highest BCUT2D eigenvalue weighted by Gasteiger charge is 2.46. The Bertz CT molecular complexity index is 352. The Morgan fingerprint density at radius 2 is 2.36 bits per heavy atom. The van der Waals surface area contributed by atoms with Gasteiger partial charge in [0.2, 0.25) is 5.88 Å². The lowest BCUT2D eigenvalue weighted by Gasteiger charge is -2.11. The first kappa shape index (κ1) is 9.86. The summed E-state index contributed by atoms with van der Waals surface area (Å²) >= 11 is 3.32. The Morgan fingerprint density at radius 3 is 2.86 bits per heavy atom. The Labute approximate surface area is 91.0 Å². The van der Waals surface area contributed by atoms with Crippen molar-refractivity contribution in [1.82, 2.24) is 9.97 Å². The summed E-state index contributed by atoms with van der Waals surface area (Å²) in [6, 6.07) is 0.